The Kier molecular flexibility index (Phi) is 3.40. The van der Waals surface area contributed by atoms with Crippen molar-refractivity contribution >= 4 is 11.7 Å². The zero-order valence-electron chi connectivity index (χ0n) is 9.03. The number of carbonyl (C=O) groups excluding carboxylic acids is 1. The summed E-state index contributed by atoms with van der Waals surface area (Å²) in [5, 5.41) is 9.10. The van der Waals surface area contributed by atoms with Crippen LogP contribution in [0.1, 0.15) is 23.2 Å². The minimum Gasteiger partial charge on any atom is -0.383 e. The van der Waals surface area contributed by atoms with Crippen molar-refractivity contribution in [2.75, 3.05) is 25.5 Å². The third-order valence-corrected chi connectivity index (χ3v) is 2.81. The Bertz CT molecular complexity index is 357. The SMILES string of the molecule is Nc1[nH]ncc1C(=O)NCC1CCOCC1. The number of nitrogens with one attached hydrogen (secondary N) is 2. The number of aromatic nitrogens is 2. The number of aromatic amines is 1. The van der Waals surface area contributed by atoms with Gasteiger partial charge in [0.05, 0.1) is 6.20 Å². The number of carbonyl (C=O) groups is 1. The summed E-state index contributed by atoms with van der Waals surface area (Å²) >= 11 is 0. The molecule has 2 heterocycles. The number of H-pyrrole nitrogens is 1. The molecule has 88 valence electrons. The van der Waals surface area contributed by atoms with Gasteiger partial charge in [0.25, 0.3) is 5.91 Å². The van der Waals surface area contributed by atoms with Crippen LogP contribution in [-0.2, 0) is 4.74 Å². The number of ether oxygens (including phenoxy) is 1. The number of hydrogen-bond acceptors (Lipinski definition) is 4. The van der Waals surface area contributed by atoms with Crippen molar-refractivity contribution < 1.29 is 9.53 Å². The minimum absolute atomic E-state index is 0.169. The monoisotopic (exact) mass is 224 g/mol. The Morgan fingerprint density at radius 3 is 3.00 bits per heavy atom. The molecule has 1 fully saturated rings. The fourth-order valence-electron chi connectivity index (χ4n) is 1.76. The maximum absolute atomic E-state index is 11.7. The van der Waals surface area contributed by atoms with E-state index in [-0.39, 0.29) is 5.91 Å². The van der Waals surface area contributed by atoms with Gasteiger partial charge in [-0.15, -0.1) is 0 Å². The molecule has 1 saturated heterocycles. The zero-order chi connectivity index (χ0) is 11.4. The van der Waals surface area contributed by atoms with Gasteiger partial charge in [-0.25, -0.2) is 0 Å². The van der Waals surface area contributed by atoms with E-state index in [1.165, 1.54) is 6.20 Å². The molecule has 1 aromatic heterocycles. The van der Waals surface area contributed by atoms with E-state index in [1.807, 2.05) is 0 Å². The maximum atomic E-state index is 11.7. The summed E-state index contributed by atoms with van der Waals surface area (Å²) in [7, 11) is 0. The van der Waals surface area contributed by atoms with Gasteiger partial charge < -0.3 is 15.8 Å². The van der Waals surface area contributed by atoms with Gasteiger partial charge in [0.15, 0.2) is 0 Å². The van der Waals surface area contributed by atoms with Gasteiger partial charge in [0, 0.05) is 19.8 Å². The van der Waals surface area contributed by atoms with Crippen molar-refractivity contribution in [3.05, 3.63) is 11.8 Å². The van der Waals surface area contributed by atoms with E-state index in [9.17, 15) is 4.79 Å². The molecule has 6 heteroatoms. The second kappa shape index (κ2) is 4.98. The second-order valence-corrected chi connectivity index (χ2v) is 3.96. The fraction of sp³-hybridized carbons (Fsp3) is 0.600. The van der Waals surface area contributed by atoms with Gasteiger partial charge in [0.1, 0.15) is 11.4 Å². The van der Waals surface area contributed by atoms with Crippen molar-refractivity contribution in [3.8, 4) is 0 Å². The summed E-state index contributed by atoms with van der Waals surface area (Å²) in [5.41, 5.74) is 5.96. The average Bonchev–Trinajstić information content (AvgIpc) is 2.74. The minimum atomic E-state index is -0.169. The van der Waals surface area contributed by atoms with Gasteiger partial charge in [-0.3, -0.25) is 9.89 Å². The molecule has 0 spiro atoms. The van der Waals surface area contributed by atoms with Gasteiger partial charge in [-0.1, -0.05) is 0 Å². The summed E-state index contributed by atoms with van der Waals surface area (Å²) in [6, 6.07) is 0. The van der Waals surface area contributed by atoms with Gasteiger partial charge in [0.2, 0.25) is 0 Å². The van der Waals surface area contributed by atoms with Crippen molar-refractivity contribution in [2.45, 2.75) is 12.8 Å². The number of anilines is 1. The molecule has 1 aromatic rings. The van der Waals surface area contributed by atoms with Crippen LogP contribution in [0.25, 0.3) is 0 Å². The molecule has 0 unspecified atom stereocenters. The highest BCUT2D eigenvalue weighted by Gasteiger charge is 2.16. The number of nitrogens with two attached hydrogens (primary N) is 1. The summed E-state index contributed by atoms with van der Waals surface area (Å²) in [4.78, 5) is 11.7. The van der Waals surface area contributed by atoms with Crippen LogP contribution in [0, 0.1) is 5.92 Å². The third kappa shape index (κ3) is 2.52. The average molecular weight is 224 g/mol. The number of amides is 1. The van der Waals surface area contributed by atoms with Crippen molar-refractivity contribution in [2.24, 2.45) is 5.92 Å². The smallest absolute Gasteiger partial charge is 0.256 e. The molecule has 2 rings (SSSR count). The van der Waals surface area contributed by atoms with Gasteiger partial charge in [-0.05, 0) is 18.8 Å². The van der Waals surface area contributed by atoms with Crippen LogP contribution < -0.4 is 11.1 Å². The zero-order valence-corrected chi connectivity index (χ0v) is 9.03. The Balaban J connectivity index is 1.81. The molecule has 4 N–H and O–H groups in total. The lowest BCUT2D eigenvalue weighted by Gasteiger charge is -2.21. The van der Waals surface area contributed by atoms with E-state index >= 15 is 0 Å². The van der Waals surface area contributed by atoms with E-state index in [0.29, 0.717) is 23.8 Å². The molecule has 16 heavy (non-hydrogen) atoms. The molecule has 1 amide bonds. The predicted octanol–water partition coefficient (Wildman–Crippen LogP) is 0.148. The van der Waals surface area contributed by atoms with E-state index in [0.717, 1.165) is 26.1 Å². The molecule has 1 aliphatic heterocycles. The molecular formula is C10H16N4O2. The van der Waals surface area contributed by atoms with Crippen LogP contribution in [0.5, 0.6) is 0 Å². The lowest BCUT2D eigenvalue weighted by atomic mass is 10.0. The Labute approximate surface area is 93.5 Å². The van der Waals surface area contributed by atoms with Crippen molar-refractivity contribution in [3.63, 3.8) is 0 Å². The van der Waals surface area contributed by atoms with Crippen LogP contribution >= 0.6 is 0 Å². The number of rotatable bonds is 3. The summed E-state index contributed by atoms with van der Waals surface area (Å²) < 4.78 is 5.25. The topological polar surface area (TPSA) is 93.0 Å². The number of hydrogen-bond donors (Lipinski definition) is 3. The van der Waals surface area contributed by atoms with Crippen LogP contribution in [0.4, 0.5) is 5.82 Å². The first-order valence-electron chi connectivity index (χ1n) is 5.42. The van der Waals surface area contributed by atoms with Gasteiger partial charge >= 0.3 is 0 Å². The third-order valence-electron chi connectivity index (χ3n) is 2.81. The number of nitrogens with zero attached hydrogens (tertiary/aromatic N) is 1. The quantitative estimate of drug-likeness (QED) is 0.681. The Morgan fingerprint density at radius 2 is 2.38 bits per heavy atom. The van der Waals surface area contributed by atoms with Crippen LogP contribution in [0.15, 0.2) is 6.20 Å². The summed E-state index contributed by atoms with van der Waals surface area (Å²) in [6.45, 7) is 2.25. The molecule has 6 nitrogen and oxygen atoms in total. The predicted molar refractivity (Wildman–Crippen MR) is 58.9 cm³/mol. The molecule has 0 radical (unpaired) electrons. The van der Waals surface area contributed by atoms with Crippen LogP contribution in [-0.4, -0.2) is 35.9 Å². The highest BCUT2D eigenvalue weighted by atomic mass is 16.5. The molecule has 0 aliphatic carbocycles. The highest BCUT2D eigenvalue weighted by molar-refractivity contribution is 5.98. The Morgan fingerprint density at radius 1 is 1.62 bits per heavy atom. The summed E-state index contributed by atoms with van der Waals surface area (Å²) in [6.07, 6.45) is 3.44. The normalized spacial score (nSPS) is 17.2. The highest BCUT2D eigenvalue weighted by Crippen LogP contribution is 2.13. The lowest BCUT2D eigenvalue weighted by Crippen LogP contribution is -2.32. The van der Waals surface area contributed by atoms with E-state index in [2.05, 4.69) is 15.5 Å². The first-order valence-corrected chi connectivity index (χ1v) is 5.42. The van der Waals surface area contributed by atoms with Gasteiger partial charge in [-0.2, -0.15) is 5.10 Å². The first kappa shape index (κ1) is 10.9. The molecule has 0 atom stereocenters. The van der Waals surface area contributed by atoms with Crippen molar-refractivity contribution in [1.82, 2.24) is 15.5 Å². The van der Waals surface area contributed by atoms with E-state index in [1.54, 1.807) is 0 Å². The molecule has 0 aromatic carbocycles. The lowest BCUT2D eigenvalue weighted by molar-refractivity contribution is 0.0643. The first-order chi connectivity index (χ1) is 7.77. The Hall–Kier alpha value is -1.56. The standard InChI is InChI=1S/C10H16N4O2/c11-9-8(6-13-14-9)10(15)12-5-7-1-3-16-4-2-7/h6-7H,1-5H2,(H,12,15)(H3,11,13,14). The van der Waals surface area contributed by atoms with Crippen LogP contribution in [0.2, 0.25) is 0 Å². The van der Waals surface area contributed by atoms with Crippen molar-refractivity contribution in [1.29, 1.82) is 0 Å². The van der Waals surface area contributed by atoms with E-state index < -0.39 is 0 Å². The fourth-order valence-corrected chi connectivity index (χ4v) is 1.76. The van der Waals surface area contributed by atoms with E-state index in [4.69, 9.17) is 10.5 Å². The molecular weight excluding hydrogens is 208 g/mol. The summed E-state index contributed by atoms with van der Waals surface area (Å²) in [5.74, 6) is 0.646. The molecule has 0 bridgehead atoms. The molecule has 1 aliphatic rings. The second-order valence-electron chi connectivity index (χ2n) is 3.96. The van der Waals surface area contributed by atoms with Crippen LogP contribution in [0.3, 0.4) is 0 Å². The maximum Gasteiger partial charge on any atom is 0.256 e. The number of nitrogen functional groups attached to an aromatic ring is 1. The molecule has 0 saturated carbocycles. The largest absolute Gasteiger partial charge is 0.383 e.